The lowest BCUT2D eigenvalue weighted by atomic mass is 10.0. The van der Waals surface area contributed by atoms with Gasteiger partial charge in [0.15, 0.2) is 0 Å². The molecule has 3 N–H and O–H groups in total. The molecular weight excluding hydrogens is 827 g/mol. The zero-order valence-electron chi connectivity index (χ0n) is 44.8. The van der Waals surface area contributed by atoms with Gasteiger partial charge < -0.3 is 20.3 Å². The van der Waals surface area contributed by atoms with E-state index in [-0.39, 0.29) is 24.9 Å². The lowest BCUT2D eigenvalue weighted by Gasteiger charge is -2.24. The first-order chi connectivity index (χ1) is 33.0. The number of ether oxygens (including phenoxy) is 1. The van der Waals surface area contributed by atoms with E-state index in [0.717, 1.165) is 70.6 Å². The Morgan fingerprint density at radius 3 is 1.21 bits per heavy atom. The number of aliphatic hydroxyl groups is 2. The summed E-state index contributed by atoms with van der Waals surface area (Å²) in [6.07, 6.45) is 67.5. The van der Waals surface area contributed by atoms with E-state index in [4.69, 9.17) is 4.74 Å². The van der Waals surface area contributed by atoms with Gasteiger partial charge >= 0.3 is 5.97 Å². The second-order valence-electron chi connectivity index (χ2n) is 20.0. The van der Waals surface area contributed by atoms with Crippen molar-refractivity contribution in [2.24, 2.45) is 0 Å². The molecule has 0 bridgehead atoms. The van der Waals surface area contributed by atoms with E-state index < -0.39 is 18.2 Å². The Labute approximate surface area is 416 Å². The van der Waals surface area contributed by atoms with Crippen molar-refractivity contribution in [2.45, 2.75) is 322 Å². The van der Waals surface area contributed by atoms with Crippen molar-refractivity contribution in [1.82, 2.24) is 5.32 Å². The summed E-state index contributed by atoms with van der Waals surface area (Å²) < 4.78 is 5.94. The summed E-state index contributed by atoms with van der Waals surface area (Å²) in [6.45, 7) is 6.47. The van der Waals surface area contributed by atoms with E-state index in [1.807, 2.05) is 0 Å². The van der Waals surface area contributed by atoms with Gasteiger partial charge in [0.05, 0.1) is 25.2 Å². The van der Waals surface area contributed by atoms with Crippen LogP contribution in [0.2, 0.25) is 0 Å². The average Bonchev–Trinajstić information content (AvgIpc) is 3.32. The van der Waals surface area contributed by atoms with Crippen LogP contribution in [0.4, 0.5) is 0 Å². The summed E-state index contributed by atoms with van der Waals surface area (Å²) in [6, 6.07) is -0.715. The van der Waals surface area contributed by atoms with Gasteiger partial charge in [-0.15, -0.1) is 0 Å². The summed E-state index contributed by atoms with van der Waals surface area (Å²) in [7, 11) is 0. The van der Waals surface area contributed by atoms with Crippen molar-refractivity contribution < 1.29 is 24.5 Å². The standard InChI is InChI=1S/C61H113NO5/c1-4-7-10-13-16-19-22-25-28-30-33-36-39-42-45-48-51-54-61(66)67-57(52-49-46-43-40-37-34-31-27-24-21-18-15-12-9-6-3)55-60(65)62-58(56-63)59(64)53-50-47-44-41-38-35-32-29-26-23-20-17-14-11-8-5-2/h18,21,25,27-28,31,37,40,57-59,63-64H,4-17,19-20,22-24,26,29-30,32-36,38-39,41-56H2,1-3H3,(H,62,65)/b21-18-,28-25+,31-27-,40-37-. The predicted molar refractivity (Wildman–Crippen MR) is 292 cm³/mol. The number of aliphatic hydroxyl groups excluding tert-OH is 2. The van der Waals surface area contributed by atoms with Gasteiger partial charge in [0, 0.05) is 6.42 Å². The topological polar surface area (TPSA) is 95.9 Å². The molecule has 0 radical (unpaired) electrons. The number of esters is 1. The molecule has 0 rings (SSSR count). The van der Waals surface area contributed by atoms with Gasteiger partial charge in [0.2, 0.25) is 5.91 Å². The Balaban J connectivity index is 4.59. The first kappa shape index (κ1) is 64.8. The number of nitrogens with one attached hydrogen (secondary N) is 1. The SMILES string of the molecule is CCCCC/C=C\C/C=C\C/C=C\CCCCC(CC(=O)NC(CO)C(O)CCCCCCCCCCCCCCCCCC)OC(=O)CCCCCCCCC/C=C/CCCCCCCC. The monoisotopic (exact) mass is 940 g/mol. The first-order valence-electron chi connectivity index (χ1n) is 29.4. The molecule has 67 heavy (non-hydrogen) atoms. The number of allylic oxidation sites excluding steroid dienone is 8. The molecule has 6 heteroatoms. The van der Waals surface area contributed by atoms with Crippen LogP contribution in [0.15, 0.2) is 48.6 Å². The number of hydrogen-bond acceptors (Lipinski definition) is 5. The van der Waals surface area contributed by atoms with Crippen LogP contribution < -0.4 is 5.32 Å². The fraction of sp³-hybridized carbons (Fsp3) is 0.836. The zero-order valence-corrected chi connectivity index (χ0v) is 44.8. The Hall–Kier alpha value is -2.18. The van der Waals surface area contributed by atoms with Gasteiger partial charge in [-0.3, -0.25) is 9.59 Å². The number of hydrogen-bond donors (Lipinski definition) is 3. The summed E-state index contributed by atoms with van der Waals surface area (Å²) in [5, 5.41) is 23.9. The lowest BCUT2D eigenvalue weighted by Crippen LogP contribution is -2.46. The fourth-order valence-corrected chi connectivity index (χ4v) is 8.90. The van der Waals surface area contributed by atoms with E-state index in [1.54, 1.807) is 0 Å². The molecule has 0 spiro atoms. The predicted octanol–water partition coefficient (Wildman–Crippen LogP) is 18.2. The molecule has 1 amide bonds. The van der Waals surface area contributed by atoms with Crippen molar-refractivity contribution >= 4 is 11.9 Å². The van der Waals surface area contributed by atoms with E-state index in [0.29, 0.717) is 19.3 Å². The van der Waals surface area contributed by atoms with Gasteiger partial charge in [-0.25, -0.2) is 0 Å². The second-order valence-corrected chi connectivity index (χ2v) is 20.0. The van der Waals surface area contributed by atoms with E-state index >= 15 is 0 Å². The Bertz CT molecular complexity index is 1150. The van der Waals surface area contributed by atoms with Crippen LogP contribution in [0.25, 0.3) is 0 Å². The third-order valence-corrected chi connectivity index (χ3v) is 13.4. The molecule has 0 saturated carbocycles. The van der Waals surface area contributed by atoms with Crippen molar-refractivity contribution in [3.8, 4) is 0 Å². The summed E-state index contributed by atoms with van der Waals surface area (Å²) in [5.74, 6) is -0.506. The zero-order chi connectivity index (χ0) is 48.8. The smallest absolute Gasteiger partial charge is 0.306 e. The molecule has 0 aromatic carbocycles. The minimum absolute atomic E-state index is 0.0515. The summed E-state index contributed by atoms with van der Waals surface area (Å²) in [5.41, 5.74) is 0. The Kier molecular flexibility index (Phi) is 53.0. The number of carbonyl (C=O) groups is 2. The Morgan fingerprint density at radius 2 is 0.761 bits per heavy atom. The molecule has 392 valence electrons. The molecule has 3 atom stereocenters. The maximum atomic E-state index is 13.3. The molecule has 0 aromatic rings. The van der Waals surface area contributed by atoms with Crippen molar-refractivity contribution in [2.75, 3.05) is 6.61 Å². The minimum Gasteiger partial charge on any atom is -0.462 e. The molecule has 0 heterocycles. The molecule has 0 saturated heterocycles. The third kappa shape index (κ3) is 50.0. The average molecular weight is 941 g/mol. The maximum Gasteiger partial charge on any atom is 0.306 e. The van der Waals surface area contributed by atoms with Gasteiger partial charge in [0.25, 0.3) is 0 Å². The second kappa shape index (κ2) is 54.8. The highest BCUT2D eigenvalue weighted by Gasteiger charge is 2.24. The van der Waals surface area contributed by atoms with Gasteiger partial charge in [-0.2, -0.15) is 0 Å². The number of rotatable bonds is 53. The van der Waals surface area contributed by atoms with Gasteiger partial charge in [0.1, 0.15) is 6.10 Å². The molecule has 0 aliphatic rings. The largest absolute Gasteiger partial charge is 0.462 e. The van der Waals surface area contributed by atoms with Crippen molar-refractivity contribution in [3.05, 3.63) is 48.6 Å². The van der Waals surface area contributed by atoms with Crippen molar-refractivity contribution in [3.63, 3.8) is 0 Å². The third-order valence-electron chi connectivity index (χ3n) is 13.4. The van der Waals surface area contributed by atoms with Gasteiger partial charge in [-0.1, -0.05) is 249 Å². The lowest BCUT2D eigenvalue weighted by molar-refractivity contribution is -0.151. The maximum absolute atomic E-state index is 13.3. The molecular formula is C61H113NO5. The molecule has 0 aromatic heterocycles. The highest BCUT2D eigenvalue weighted by atomic mass is 16.5. The number of amides is 1. The Morgan fingerprint density at radius 1 is 0.433 bits per heavy atom. The summed E-state index contributed by atoms with van der Waals surface area (Å²) >= 11 is 0. The van der Waals surface area contributed by atoms with Crippen LogP contribution in [-0.2, 0) is 14.3 Å². The first-order valence-corrected chi connectivity index (χ1v) is 29.4. The van der Waals surface area contributed by atoms with Crippen LogP contribution in [-0.4, -0.2) is 46.9 Å². The van der Waals surface area contributed by atoms with Crippen LogP contribution in [0.1, 0.15) is 303 Å². The quantitative estimate of drug-likeness (QED) is 0.0321. The molecule has 0 aliphatic carbocycles. The number of unbranched alkanes of at least 4 members (excludes halogenated alkanes) is 33. The molecule has 0 fully saturated rings. The molecule has 3 unspecified atom stereocenters. The highest BCUT2D eigenvalue weighted by Crippen LogP contribution is 2.18. The van der Waals surface area contributed by atoms with Crippen LogP contribution in [0.5, 0.6) is 0 Å². The number of carbonyl (C=O) groups excluding carboxylic acids is 2. The molecule has 6 nitrogen and oxygen atoms in total. The van der Waals surface area contributed by atoms with E-state index in [9.17, 15) is 19.8 Å². The highest BCUT2D eigenvalue weighted by molar-refractivity contribution is 5.77. The molecule has 0 aliphatic heterocycles. The van der Waals surface area contributed by atoms with Crippen LogP contribution in [0.3, 0.4) is 0 Å². The van der Waals surface area contributed by atoms with E-state index in [2.05, 4.69) is 74.7 Å². The minimum atomic E-state index is -0.799. The van der Waals surface area contributed by atoms with Crippen molar-refractivity contribution in [1.29, 1.82) is 0 Å². The fourth-order valence-electron chi connectivity index (χ4n) is 8.90. The van der Waals surface area contributed by atoms with Crippen LogP contribution >= 0.6 is 0 Å². The van der Waals surface area contributed by atoms with Crippen LogP contribution in [0, 0.1) is 0 Å². The van der Waals surface area contributed by atoms with E-state index in [1.165, 1.54) is 186 Å². The normalized spacial score (nSPS) is 13.4. The summed E-state index contributed by atoms with van der Waals surface area (Å²) in [4.78, 5) is 26.3. The van der Waals surface area contributed by atoms with Gasteiger partial charge in [-0.05, 0) is 89.9 Å².